The van der Waals surface area contributed by atoms with Gasteiger partial charge < -0.3 is 0 Å². The zero-order valence-corrected chi connectivity index (χ0v) is 11.1. The van der Waals surface area contributed by atoms with Gasteiger partial charge in [0.2, 0.25) is 0 Å². The van der Waals surface area contributed by atoms with Crippen molar-refractivity contribution in [2.45, 2.75) is 44.9 Å². The van der Waals surface area contributed by atoms with Crippen molar-refractivity contribution in [3.63, 3.8) is 0 Å². The SMILES string of the molecule is CCCC/C(C)=C/S(=O)c1ccc(C)cc1. The van der Waals surface area contributed by atoms with E-state index in [1.165, 1.54) is 24.0 Å². The van der Waals surface area contributed by atoms with Gasteiger partial charge in [0.25, 0.3) is 0 Å². The molecule has 0 fully saturated rings. The zero-order valence-electron chi connectivity index (χ0n) is 10.3. The van der Waals surface area contributed by atoms with Crippen LogP contribution in [-0.4, -0.2) is 4.21 Å². The molecule has 0 aliphatic rings. The van der Waals surface area contributed by atoms with Gasteiger partial charge in [0, 0.05) is 10.3 Å². The van der Waals surface area contributed by atoms with Gasteiger partial charge in [-0.15, -0.1) is 0 Å². The Morgan fingerprint density at radius 2 is 1.94 bits per heavy atom. The third-order valence-electron chi connectivity index (χ3n) is 2.49. The Morgan fingerprint density at radius 3 is 2.50 bits per heavy atom. The maximum atomic E-state index is 12.0. The standard InChI is InChI=1S/C14H20OS/c1-4-5-6-13(3)11-16(15)14-9-7-12(2)8-10-14/h7-11H,4-6H2,1-3H3/b13-11+. The molecule has 0 spiro atoms. The number of hydrogen-bond acceptors (Lipinski definition) is 1. The normalized spacial score (nSPS) is 13.8. The molecule has 0 bridgehead atoms. The van der Waals surface area contributed by atoms with Crippen molar-refractivity contribution in [1.29, 1.82) is 0 Å². The second-order valence-electron chi connectivity index (χ2n) is 4.18. The lowest BCUT2D eigenvalue weighted by atomic mass is 10.2. The average Bonchev–Trinajstić information content (AvgIpc) is 2.27. The Hall–Kier alpha value is -0.890. The van der Waals surface area contributed by atoms with Crippen molar-refractivity contribution in [1.82, 2.24) is 0 Å². The van der Waals surface area contributed by atoms with Crippen LogP contribution in [0.25, 0.3) is 0 Å². The molecule has 88 valence electrons. The largest absolute Gasteiger partial charge is 0.250 e. The van der Waals surface area contributed by atoms with Crippen molar-refractivity contribution in [3.05, 3.63) is 40.8 Å². The Labute approximate surface area is 101 Å². The fraction of sp³-hybridized carbons (Fsp3) is 0.429. The predicted molar refractivity (Wildman–Crippen MR) is 70.9 cm³/mol. The van der Waals surface area contributed by atoms with Gasteiger partial charge in [-0.25, -0.2) is 4.21 Å². The van der Waals surface area contributed by atoms with Crippen LogP contribution in [0.3, 0.4) is 0 Å². The van der Waals surface area contributed by atoms with Crippen LogP contribution >= 0.6 is 0 Å². The van der Waals surface area contributed by atoms with Crippen LogP contribution < -0.4 is 0 Å². The minimum Gasteiger partial charge on any atom is -0.250 e. The molecule has 0 aliphatic heterocycles. The van der Waals surface area contributed by atoms with E-state index in [0.717, 1.165) is 11.3 Å². The first-order valence-electron chi connectivity index (χ1n) is 5.78. The molecule has 16 heavy (non-hydrogen) atoms. The molecule has 1 aromatic carbocycles. The van der Waals surface area contributed by atoms with Crippen molar-refractivity contribution < 1.29 is 4.21 Å². The second-order valence-corrected chi connectivity index (χ2v) is 5.48. The number of benzene rings is 1. The number of aryl methyl sites for hydroxylation is 1. The van der Waals surface area contributed by atoms with Crippen LogP contribution in [-0.2, 0) is 10.8 Å². The molecule has 0 N–H and O–H groups in total. The lowest BCUT2D eigenvalue weighted by Crippen LogP contribution is -1.89. The van der Waals surface area contributed by atoms with E-state index >= 15 is 0 Å². The minimum atomic E-state index is -0.987. The fourth-order valence-electron chi connectivity index (χ4n) is 1.44. The number of allylic oxidation sites excluding steroid dienone is 1. The van der Waals surface area contributed by atoms with Crippen LogP contribution in [0.2, 0.25) is 0 Å². The molecule has 1 rings (SSSR count). The van der Waals surface area contributed by atoms with Crippen LogP contribution in [0.4, 0.5) is 0 Å². The van der Waals surface area contributed by atoms with Gasteiger partial charge in [-0.1, -0.05) is 36.6 Å². The highest BCUT2D eigenvalue weighted by atomic mass is 32.2. The van der Waals surface area contributed by atoms with Gasteiger partial charge in [-0.2, -0.15) is 0 Å². The Kier molecular flexibility index (Phi) is 5.47. The summed E-state index contributed by atoms with van der Waals surface area (Å²) in [6, 6.07) is 7.88. The summed E-state index contributed by atoms with van der Waals surface area (Å²) < 4.78 is 12.0. The van der Waals surface area contributed by atoms with Gasteiger partial charge in [0.15, 0.2) is 0 Å². The summed E-state index contributed by atoms with van der Waals surface area (Å²) in [6.45, 7) is 6.26. The van der Waals surface area contributed by atoms with Gasteiger partial charge in [0.1, 0.15) is 0 Å². The molecule has 1 atom stereocenters. The Balaban J connectivity index is 2.67. The molecule has 1 aromatic rings. The number of rotatable bonds is 5. The van der Waals surface area contributed by atoms with Crippen LogP contribution in [0, 0.1) is 6.92 Å². The van der Waals surface area contributed by atoms with Gasteiger partial charge in [-0.05, 0) is 38.8 Å². The van der Waals surface area contributed by atoms with Crippen LogP contribution in [0.15, 0.2) is 40.1 Å². The minimum absolute atomic E-state index is 0.890. The number of hydrogen-bond donors (Lipinski definition) is 0. The summed E-state index contributed by atoms with van der Waals surface area (Å²) in [4.78, 5) is 0.890. The molecule has 0 aliphatic carbocycles. The summed E-state index contributed by atoms with van der Waals surface area (Å²) >= 11 is 0. The molecule has 2 heteroatoms. The Bertz CT molecular complexity index is 376. The fourth-order valence-corrected chi connectivity index (χ4v) is 2.46. The first-order valence-corrected chi connectivity index (χ1v) is 6.99. The smallest absolute Gasteiger partial charge is 0.0775 e. The quantitative estimate of drug-likeness (QED) is 0.749. The van der Waals surface area contributed by atoms with E-state index in [1.807, 2.05) is 36.6 Å². The molecule has 1 nitrogen and oxygen atoms in total. The van der Waals surface area contributed by atoms with E-state index < -0.39 is 10.8 Å². The maximum absolute atomic E-state index is 12.0. The van der Waals surface area contributed by atoms with Gasteiger partial charge in [0.05, 0.1) is 10.8 Å². The van der Waals surface area contributed by atoms with E-state index in [4.69, 9.17) is 0 Å². The summed E-state index contributed by atoms with van der Waals surface area (Å²) in [5, 5.41) is 1.88. The molecule has 0 amide bonds. The molecular formula is C14H20OS. The zero-order chi connectivity index (χ0) is 12.0. The lowest BCUT2D eigenvalue weighted by Gasteiger charge is -2.01. The highest BCUT2D eigenvalue weighted by Crippen LogP contribution is 2.13. The molecule has 0 heterocycles. The first-order chi connectivity index (χ1) is 7.63. The lowest BCUT2D eigenvalue weighted by molar-refractivity contribution is 0.688. The highest BCUT2D eigenvalue weighted by molar-refractivity contribution is 7.88. The molecule has 0 radical (unpaired) electrons. The Morgan fingerprint density at radius 1 is 1.31 bits per heavy atom. The highest BCUT2D eigenvalue weighted by Gasteiger charge is 2.00. The molecule has 0 saturated heterocycles. The second kappa shape index (κ2) is 6.64. The van der Waals surface area contributed by atoms with Crippen LogP contribution in [0.1, 0.15) is 38.7 Å². The van der Waals surface area contributed by atoms with E-state index in [0.29, 0.717) is 0 Å². The third-order valence-corrected chi connectivity index (χ3v) is 3.84. The van der Waals surface area contributed by atoms with Crippen molar-refractivity contribution in [3.8, 4) is 0 Å². The van der Waals surface area contributed by atoms with E-state index in [1.54, 1.807) is 0 Å². The van der Waals surface area contributed by atoms with E-state index in [9.17, 15) is 4.21 Å². The average molecular weight is 236 g/mol. The summed E-state index contributed by atoms with van der Waals surface area (Å²) in [5.41, 5.74) is 2.42. The summed E-state index contributed by atoms with van der Waals surface area (Å²) in [7, 11) is -0.987. The van der Waals surface area contributed by atoms with Crippen molar-refractivity contribution >= 4 is 10.8 Å². The molecular weight excluding hydrogens is 216 g/mol. The molecule has 1 unspecified atom stereocenters. The van der Waals surface area contributed by atoms with E-state index in [2.05, 4.69) is 13.8 Å². The molecule has 0 aromatic heterocycles. The first kappa shape index (κ1) is 13.2. The molecule has 0 saturated carbocycles. The summed E-state index contributed by atoms with van der Waals surface area (Å²) in [6.07, 6.45) is 3.41. The van der Waals surface area contributed by atoms with Gasteiger partial charge >= 0.3 is 0 Å². The summed E-state index contributed by atoms with van der Waals surface area (Å²) in [5.74, 6) is 0. The van der Waals surface area contributed by atoms with Crippen molar-refractivity contribution in [2.75, 3.05) is 0 Å². The van der Waals surface area contributed by atoms with Crippen molar-refractivity contribution in [2.24, 2.45) is 0 Å². The topological polar surface area (TPSA) is 17.1 Å². The third kappa shape index (κ3) is 4.31. The van der Waals surface area contributed by atoms with E-state index in [-0.39, 0.29) is 0 Å². The van der Waals surface area contributed by atoms with Gasteiger partial charge in [-0.3, -0.25) is 0 Å². The number of unbranched alkanes of at least 4 members (excludes halogenated alkanes) is 1. The monoisotopic (exact) mass is 236 g/mol. The predicted octanol–water partition coefficient (Wildman–Crippen LogP) is 4.20. The van der Waals surface area contributed by atoms with Crippen LogP contribution in [0.5, 0.6) is 0 Å². The maximum Gasteiger partial charge on any atom is 0.0775 e.